The summed E-state index contributed by atoms with van der Waals surface area (Å²) in [6, 6.07) is 17.1. The first-order valence-corrected chi connectivity index (χ1v) is 7.77. The van der Waals surface area contributed by atoms with Crippen LogP contribution in [0.1, 0.15) is 12.0 Å². The molecule has 4 nitrogen and oxygen atoms in total. The van der Waals surface area contributed by atoms with E-state index < -0.39 is 0 Å². The van der Waals surface area contributed by atoms with Crippen LogP contribution in [0.25, 0.3) is 0 Å². The number of nitrogens with zero attached hydrogens (tertiary/aromatic N) is 1. The predicted octanol–water partition coefficient (Wildman–Crippen LogP) is 3.23. The van der Waals surface area contributed by atoms with E-state index in [1.807, 2.05) is 61.5 Å². The van der Waals surface area contributed by atoms with Crippen LogP contribution in [0.3, 0.4) is 0 Å². The molecule has 1 saturated carbocycles. The van der Waals surface area contributed by atoms with E-state index in [9.17, 15) is 9.59 Å². The van der Waals surface area contributed by atoms with E-state index in [-0.39, 0.29) is 23.7 Å². The molecular formula is C19H20N2O2. The highest BCUT2D eigenvalue weighted by Crippen LogP contribution is 2.41. The van der Waals surface area contributed by atoms with Gasteiger partial charge in [-0.3, -0.25) is 9.59 Å². The Bertz CT molecular complexity index is 727. The van der Waals surface area contributed by atoms with Crippen molar-refractivity contribution in [3.63, 3.8) is 0 Å². The number of hydrogen-bond donors (Lipinski definition) is 1. The Morgan fingerprint density at radius 1 is 1.00 bits per heavy atom. The number of amides is 2. The van der Waals surface area contributed by atoms with Crippen molar-refractivity contribution in [3.05, 3.63) is 60.2 Å². The Labute approximate surface area is 136 Å². The van der Waals surface area contributed by atoms with Gasteiger partial charge in [-0.25, -0.2) is 0 Å². The summed E-state index contributed by atoms with van der Waals surface area (Å²) in [5.74, 6) is -0.516. The van der Waals surface area contributed by atoms with Crippen molar-refractivity contribution in [2.75, 3.05) is 17.3 Å². The van der Waals surface area contributed by atoms with Crippen molar-refractivity contribution in [2.24, 2.45) is 11.8 Å². The van der Waals surface area contributed by atoms with Crippen molar-refractivity contribution in [1.29, 1.82) is 0 Å². The summed E-state index contributed by atoms with van der Waals surface area (Å²) in [5.41, 5.74) is 2.68. The second kappa shape index (κ2) is 6.24. The smallest absolute Gasteiger partial charge is 0.230 e. The molecule has 2 amide bonds. The first-order chi connectivity index (χ1) is 11.1. The fourth-order valence-electron chi connectivity index (χ4n) is 2.72. The monoisotopic (exact) mass is 308 g/mol. The predicted molar refractivity (Wildman–Crippen MR) is 91.3 cm³/mol. The fourth-order valence-corrected chi connectivity index (χ4v) is 2.72. The number of para-hydroxylation sites is 2. The maximum Gasteiger partial charge on any atom is 0.230 e. The molecule has 118 valence electrons. The molecular weight excluding hydrogens is 288 g/mol. The SMILES string of the molecule is Cc1ccccc1NC(=O)C1CC1C(=O)N(C)c1ccccc1. The minimum atomic E-state index is -0.228. The van der Waals surface area contributed by atoms with Gasteiger partial charge in [-0.05, 0) is 37.1 Å². The zero-order valence-electron chi connectivity index (χ0n) is 13.3. The molecule has 0 aliphatic heterocycles. The first-order valence-electron chi connectivity index (χ1n) is 7.77. The van der Waals surface area contributed by atoms with E-state index in [1.54, 1.807) is 11.9 Å². The van der Waals surface area contributed by atoms with Gasteiger partial charge in [0, 0.05) is 18.4 Å². The third-order valence-corrected chi connectivity index (χ3v) is 4.32. The van der Waals surface area contributed by atoms with Crippen molar-refractivity contribution >= 4 is 23.2 Å². The number of rotatable bonds is 4. The maximum atomic E-state index is 12.5. The number of benzene rings is 2. The van der Waals surface area contributed by atoms with Gasteiger partial charge in [-0.1, -0.05) is 36.4 Å². The molecule has 1 aliphatic rings. The molecule has 0 bridgehead atoms. The standard InChI is InChI=1S/C19H20N2O2/c1-13-8-6-7-11-17(13)20-18(22)15-12-16(15)19(23)21(2)14-9-4-3-5-10-14/h3-11,15-16H,12H2,1-2H3,(H,20,22). The van der Waals surface area contributed by atoms with Crippen LogP contribution in [0.4, 0.5) is 11.4 Å². The summed E-state index contributed by atoms with van der Waals surface area (Å²) < 4.78 is 0. The zero-order chi connectivity index (χ0) is 16.4. The van der Waals surface area contributed by atoms with E-state index >= 15 is 0 Å². The summed E-state index contributed by atoms with van der Waals surface area (Å²) in [6.45, 7) is 1.95. The molecule has 0 aromatic heterocycles. The average molecular weight is 308 g/mol. The lowest BCUT2D eigenvalue weighted by Crippen LogP contribution is -2.29. The highest BCUT2D eigenvalue weighted by Gasteiger charge is 2.49. The van der Waals surface area contributed by atoms with E-state index in [4.69, 9.17) is 0 Å². The topological polar surface area (TPSA) is 49.4 Å². The number of nitrogens with one attached hydrogen (secondary N) is 1. The molecule has 4 heteroatoms. The molecule has 2 aromatic rings. The van der Waals surface area contributed by atoms with Crippen LogP contribution in [-0.4, -0.2) is 18.9 Å². The molecule has 0 radical (unpaired) electrons. The summed E-state index contributed by atoms with van der Waals surface area (Å²) >= 11 is 0. The molecule has 0 heterocycles. The Morgan fingerprint density at radius 2 is 1.65 bits per heavy atom. The van der Waals surface area contributed by atoms with Gasteiger partial charge < -0.3 is 10.2 Å². The molecule has 0 spiro atoms. The second-order valence-electron chi connectivity index (χ2n) is 5.99. The highest BCUT2D eigenvalue weighted by molar-refractivity contribution is 6.04. The number of aryl methyl sites for hydroxylation is 1. The second-order valence-corrected chi connectivity index (χ2v) is 5.99. The average Bonchev–Trinajstić information content (AvgIpc) is 3.37. The number of carbonyl (C=O) groups is 2. The molecule has 1 N–H and O–H groups in total. The van der Waals surface area contributed by atoms with E-state index in [0.717, 1.165) is 16.9 Å². The Hall–Kier alpha value is -2.62. The van der Waals surface area contributed by atoms with Gasteiger partial charge in [0.15, 0.2) is 0 Å². The van der Waals surface area contributed by atoms with Crippen LogP contribution >= 0.6 is 0 Å². The van der Waals surface area contributed by atoms with Gasteiger partial charge in [0.1, 0.15) is 0 Å². The summed E-state index contributed by atoms with van der Waals surface area (Å²) in [4.78, 5) is 26.4. The quantitative estimate of drug-likeness (QED) is 0.942. The van der Waals surface area contributed by atoms with Crippen molar-refractivity contribution in [3.8, 4) is 0 Å². The molecule has 2 unspecified atom stereocenters. The van der Waals surface area contributed by atoms with Crippen LogP contribution in [0.15, 0.2) is 54.6 Å². The number of anilines is 2. The molecule has 1 aliphatic carbocycles. The highest BCUT2D eigenvalue weighted by atomic mass is 16.2. The summed E-state index contributed by atoms with van der Waals surface area (Å²) in [5, 5.41) is 2.93. The molecule has 0 saturated heterocycles. The van der Waals surface area contributed by atoms with Gasteiger partial charge in [0.25, 0.3) is 0 Å². The Morgan fingerprint density at radius 3 is 2.35 bits per heavy atom. The lowest BCUT2D eigenvalue weighted by Gasteiger charge is -2.17. The third kappa shape index (κ3) is 3.26. The Kier molecular flexibility index (Phi) is 4.15. The number of carbonyl (C=O) groups excluding carboxylic acids is 2. The molecule has 2 atom stereocenters. The maximum absolute atomic E-state index is 12.5. The molecule has 1 fully saturated rings. The fraction of sp³-hybridized carbons (Fsp3) is 0.263. The van der Waals surface area contributed by atoms with E-state index in [0.29, 0.717) is 6.42 Å². The van der Waals surface area contributed by atoms with Gasteiger partial charge in [0.05, 0.1) is 11.8 Å². The molecule has 3 rings (SSSR count). The van der Waals surface area contributed by atoms with Gasteiger partial charge in [0.2, 0.25) is 11.8 Å². The van der Waals surface area contributed by atoms with Gasteiger partial charge in [-0.2, -0.15) is 0 Å². The minimum Gasteiger partial charge on any atom is -0.326 e. The molecule has 2 aromatic carbocycles. The van der Waals surface area contributed by atoms with Crippen molar-refractivity contribution in [2.45, 2.75) is 13.3 Å². The van der Waals surface area contributed by atoms with Crippen LogP contribution < -0.4 is 10.2 Å². The largest absolute Gasteiger partial charge is 0.326 e. The Balaban J connectivity index is 1.62. The third-order valence-electron chi connectivity index (χ3n) is 4.32. The lowest BCUT2D eigenvalue weighted by atomic mass is 10.2. The van der Waals surface area contributed by atoms with Gasteiger partial charge >= 0.3 is 0 Å². The number of hydrogen-bond acceptors (Lipinski definition) is 2. The van der Waals surface area contributed by atoms with Crippen molar-refractivity contribution < 1.29 is 9.59 Å². The molecule has 23 heavy (non-hydrogen) atoms. The normalized spacial score (nSPS) is 19.0. The minimum absolute atomic E-state index is 0.00105. The summed E-state index contributed by atoms with van der Waals surface area (Å²) in [6.07, 6.45) is 0.619. The van der Waals surface area contributed by atoms with Crippen LogP contribution in [0, 0.1) is 18.8 Å². The first kappa shape index (κ1) is 15.3. The van der Waals surface area contributed by atoms with Crippen LogP contribution in [0.5, 0.6) is 0 Å². The van der Waals surface area contributed by atoms with Crippen LogP contribution in [0.2, 0.25) is 0 Å². The zero-order valence-corrected chi connectivity index (χ0v) is 13.3. The van der Waals surface area contributed by atoms with E-state index in [2.05, 4.69) is 5.32 Å². The van der Waals surface area contributed by atoms with Crippen LogP contribution in [-0.2, 0) is 9.59 Å². The lowest BCUT2D eigenvalue weighted by molar-refractivity contribution is -0.123. The van der Waals surface area contributed by atoms with E-state index in [1.165, 1.54) is 0 Å². The van der Waals surface area contributed by atoms with Gasteiger partial charge in [-0.15, -0.1) is 0 Å². The van der Waals surface area contributed by atoms with Crippen molar-refractivity contribution in [1.82, 2.24) is 0 Å². The summed E-state index contributed by atoms with van der Waals surface area (Å²) in [7, 11) is 1.76.